The molecule has 0 aromatic heterocycles. The van der Waals surface area contributed by atoms with Crippen LogP contribution < -0.4 is 10.6 Å². The largest absolute Gasteiger partial charge is 0.394 e. The second-order valence-corrected chi connectivity index (χ2v) is 5.35. The van der Waals surface area contributed by atoms with Gasteiger partial charge < -0.3 is 15.7 Å². The lowest BCUT2D eigenvalue weighted by atomic mass is 10.1. The maximum atomic E-state index is 11.8. The fraction of sp³-hybridized carbons (Fsp3) is 0.562. The van der Waals surface area contributed by atoms with Gasteiger partial charge in [-0.3, -0.25) is 4.79 Å². The van der Waals surface area contributed by atoms with Gasteiger partial charge in [-0.1, -0.05) is 44.2 Å². The lowest BCUT2D eigenvalue weighted by Gasteiger charge is -2.16. The van der Waals surface area contributed by atoms with Gasteiger partial charge in [0.15, 0.2) is 0 Å². The van der Waals surface area contributed by atoms with Crippen molar-refractivity contribution in [3.8, 4) is 0 Å². The summed E-state index contributed by atoms with van der Waals surface area (Å²) >= 11 is 0. The van der Waals surface area contributed by atoms with Crippen LogP contribution in [-0.2, 0) is 11.2 Å². The van der Waals surface area contributed by atoms with Crippen LogP contribution in [0.15, 0.2) is 30.3 Å². The van der Waals surface area contributed by atoms with Crippen LogP contribution in [0.3, 0.4) is 0 Å². The average Bonchev–Trinajstić information content (AvgIpc) is 2.44. The molecule has 4 heteroatoms. The Morgan fingerprint density at radius 1 is 1.25 bits per heavy atom. The summed E-state index contributed by atoms with van der Waals surface area (Å²) in [5.74, 6) is 0.00513. The Bertz CT molecular complexity index is 379. The van der Waals surface area contributed by atoms with E-state index in [2.05, 4.69) is 24.5 Å². The zero-order valence-corrected chi connectivity index (χ0v) is 12.4. The molecule has 0 fully saturated rings. The number of hydrogen-bond acceptors (Lipinski definition) is 3. The monoisotopic (exact) mass is 278 g/mol. The number of rotatable bonds is 9. The zero-order chi connectivity index (χ0) is 14.8. The topological polar surface area (TPSA) is 61.4 Å². The summed E-state index contributed by atoms with van der Waals surface area (Å²) in [6, 6.07) is 10.1. The van der Waals surface area contributed by atoms with Crippen molar-refractivity contribution < 1.29 is 9.90 Å². The number of aliphatic hydroxyl groups excluding tert-OH is 1. The van der Waals surface area contributed by atoms with E-state index < -0.39 is 0 Å². The number of hydrogen-bond donors (Lipinski definition) is 3. The molecule has 4 nitrogen and oxygen atoms in total. The van der Waals surface area contributed by atoms with E-state index in [1.54, 1.807) is 0 Å². The van der Waals surface area contributed by atoms with E-state index in [-0.39, 0.29) is 18.6 Å². The van der Waals surface area contributed by atoms with E-state index >= 15 is 0 Å². The van der Waals surface area contributed by atoms with E-state index in [4.69, 9.17) is 0 Å². The van der Waals surface area contributed by atoms with Crippen LogP contribution in [0.1, 0.15) is 32.3 Å². The molecule has 1 aromatic carbocycles. The summed E-state index contributed by atoms with van der Waals surface area (Å²) < 4.78 is 0. The van der Waals surface area contributed by atoms with Crippen LogP contribution in [0, 0.1) is 0 Å². The van der Waals surface area contributed by atoms with Gasteiger partial charge >= 0.3 is 0 Å². The van der Waals surface area contributed by atoms with Gasteiger partial charge in [0.2, 0.25) is 5.91 Å². The second kappa shape index (κ2) is 9.50. The van der Waals surface area contributed by atoms with Crippen LogP contribution in [0.2, 0.25) is 0 Å². The minimum atomic E-state index is -0.206. The predicted molar refractivity (Wildman–Crippen MR) is 81.5 cm³/mol. The van der Waals surface area contributed by atoms with Crippen LogP contribution in [0.5, 0.6) is 0 Å². The molecule has 0 aliphatic carbocycles. The van der Waals surface area contributed by atoms with Crippen molar-refractivity contribution in [2.24, 2.45) is 0 Å². The van der Waals surface area contributed by atoms with Gasteiger partial charge in [-0.25, -0.2) is 0 Å². The number of aliphatic hydroxyl groups is 1. The van der Waals surface area contributed by atoms with Crippen molar-refractivity contribution in [1.82, 2.24) is 10.6 Å². The first-order chi connectivity index (χ1) is 9.61. The Balaban J connectivity index is 2.27. The Morgan fingerprint density at radius 3 is 2.55 bits per heavy atom. The number of nitrogens with one attached hydrogen (secondary N) is 2. The third-order valence-electron chi connectivity index (χ3n) is 3.04. The molecule has 0 bridgehead atoms. The SMILES string of the molecule is CC(C)NCCCC(=O)NC(CO)Cc1ccccc1. The Kier molecular flexibility index (Phi) is 7.92. The normalized spacial score (nSPS) is 12.4. The maximum Gasteiger partial charge on any atom is 0.220 e. The highest BCUT2D eigenvalue weighted by atomic mass is 16.3. The average molecular weight is 278 g/mol. The minimum absolute atomic E-state index is 0.00513. The van der Waals surface area contributed by atoms with Crippen molar-refractivity contribution >= 4 is 5.91 Å². The van der Waals surface area contributed by atoms with E-state index in [0.29, 0.717) is 18.9 Å². The molecule has 0 saturated heterocycles. The van der Waals surface area contributed by atoms with Gasteiger partial charge in [0.05, 0.1) is 12.6 Å². The molecular formula is C16H26N2O2. The van der Waals surface area contributed by atoms with E-state index in [1.165, 1.54) is 0 Å². The summed E-state index contributed by atoms with van der Waals surface area (Å²) in [7, 11) is 0. The van der Waals surface area contributed by atoms with Gasteiger partial charge in [-0.05, 0) is 24.9 Å². The van der Waals surface area contributed by atoms with E-state index in [1.807, 2.05) is 30.3 Å². The molecule has 0 aliphatic heterocycles. The fourth-order valence-electron chi connectivity index (χ4n) is 2.00. The summed E-state index contributed by atoms with van der Waals surface area (Å²) in [5.41, 5.74) is 1.12. The molecule has 3 N–H and O–H groups in total. The van der Waals surface area contributed by atoms with Gasteiger partial charge in [0, 0.05) is 12.5 Å². The third-order valence-corrected chi connectivity index (χ3v) is 3.04. The molecule has 112 valence electrons. The molecule has 1 unspecified atom stereocenters. The Morgan fingerprint density at radius 2 is 1.95 bits per heavy atom. The number of carbonyl (C=O) groups is 1. The lowest BCUT2D eigenvalue weighted by Crippen LogP contribution is -2.39. The highest BCUT2D eigenvalue weighted by Gasteiger charge is 2.11. The summed E-state index contributed by atoms with van der Waals surface area (Å²) in [4.78, 5) is 11.8. The first-order valence-corrected chi connectivity index (χ1v) is 7.29. The summed E-state index contributed by atoms with van der Waals surface area (Å²) in [6.45, 7) is 4.97. The Labute approximate surface area is 121 Å². The molecule has 1 atom stereocenters. The van der Waals surface area contributed by atoms with Crippen molar-refractivity contribution in [1.29, 1.82) is 0 Å². The summed E-state index contributed by atoms with van der Waals surface area (Å²) in [5, 5.41) is 15.5. The van der Waals surface area contributed by atoms with Crippen molar-refractivity contribution in [3.05, 3.63) is 35.9 Å². The molecule has 0 heterocycles. The van der Waals surface area contributed by atoms with E-state index in [0.717, 1.165) is 18.5 Å². The second-order valence-electron chi connectivity index (χ2n) is 5.35. The first kappa shape index (κ1) is 16.7. The van der Waals surface area contributed by atoms with Gasteiger partial charge in [0.1, 0.15) is 0 Å². The van der Waals surface area contributed by atoms with Gasteiger partial charge in [0.25, 0.3) is 0 Å². The first-order valence-electron chi connectivity index (χ1n) is 7.29. The third kappa shape index (κ3) is 7.26. The van der Waals surface area contributed by atoms with Crippen LogP contribution in [-0.4, -0.2) is 36.2 Å². The smallest absolute Gasteiger partial charge is 0.220 e. The molecule has 1 aromatic rings. The number of amides is 1. The minimum Gasteiger partial charge on any atom is -0.394 e. The lowest BCUT2D eigenvalue weighted by molar-refractivity contribution is -0.122. The zero-order valence-electron chi connectivity index (χ0n) is 12.4. The van der Waals surface area contributed by atoms with Gasteiger partial charge in [-0.15, -0.1) is 0 Å². The molecule has 20 heavy (non-hydrogen) atoms. The quantitative estimate of drug-likeness (QED) is 0.600. The van der Waals surface area contributed by atoms with Gasteiger partial charge in [-0.2, -0.15) is 0 Å². The molecular weight excluding hydrogens is 252 g/mol. The molecule has 0 spiro atoms. The molecule has 0 radical (unpaired) electrons. The molecule has 0 aliphatic rings. The molecule has 0 saturated carbocycles. The van der Waals surface area contributed by atoms with Crippen molar-refractivity contribution in [3.63, 3.8) is 0 Å². The highest BCUT2D eigenvalue weighted by molar-refractivity contribution is 5.76. The molecule has 1 rings (SSSR count). The standard InChI is InChI=1S/C16H26N2O2/c1-13(2)17-10-6-9-16(20)18-15(12-19)11-14-7-4-3-5-8-14/h3-5,7-8,13,15,17,19H,6,9-12H2,1-2H3,(H,18,20). The number of carbonyl (C=O) groups excluding carboxylic acids is 1. The van der Waals surface area contributed by atoms with Crippen LogP contribution in [0.4, 0.5) is 0 Å². The fourth-order valence-corrected chi connectivity index (χ4v) is 2.00. The van der Waals surface area contributed by atoms with E-state index in [9.17, 15) is 9.90 Å². The van der Waals surface area contributed by atoms with Crippen molar-refractivity contribution in [2.45, 2.75) is 45.2 Å². The van der Waals surface area contributed by atoms with Crippen LogP contribution in [0.25, 0.3) is 0 Å². The summed E-state index contributed by atoms with van der Waals surface area (Å²) in [6.07, 6.45) is 1.96. The Hall–Kier alpha value is -1.39. The maximum absolute atomic E-state index is 11.8. The predicted octanol–water partition coefficient (Wildman–Crippen LogP) is 1.48. The highest BCUT2D eigenvalue weighted by Crippen LogP contribution is 2.03. The molecule has 1 amide bonds. The van der Waals surface area contributed by atoms with Crippen molar-refractivity contribution in [2.75, 3.05) is 13.2 Å². The number of benzene rings is 1. The van der Waals surface area contributed by atoms with Crippen LogP contribution >= 0.6 is 0 Å².